The molecular weight excluding hydrogens is 232 g/mol. The van der Waals surface area contributed by atoms with Gasteiger partial charge >= 0.3 is 0 Å². The lowest BCUT2D eigenvalue weighted by molar-refractivity contribution is -0.112. The minimum atomic E-state index is 0.161. The van der Waals surface area contributed by atoms with Crippen LogP contribution in [-0.2, 0) is 4.79 Å². The van der Waals surface area contributed by atoms with Crippen molar-refractivity contribution in [3.8, 4) is 0 Å². The second-order valence-electron chi connectivity index (χ2n) is 7.18. The largest absolute Gasteiger partial charge is 0.295 e. The minimum absolute atomic E-state index is 0.161. The van der Waals surface area contributed by atoms with Crippen LogP contribution in [0.1, 0.15) is 60.3 Å². The van der Waals surface area contributed by atoms with E-state index >= 15 is 0 Å². The van der Waals surface area contributed by atoms with Crippen molar-refractivity contribution in [3.63, 3.8) is 0 Å². The zero-order chi connectivity index (χ0) is 14.3. The van der Waals surface area contributed by atoms with Gasteiger partial charge < -0.3 is 0 Å². The molecule has 0 heterocycles. The number of carbonyl (C=O) groups excluding carboxylic acids is 1. The van der Waals surface area contributed by atoms with Gasteiger partial charge in [-0.05, 0) is 68.3 Å². The van der Waals surface area contributed by atoms with E-state index in [1.165, 1.54) is 25.7 Å². The van der Waals surface area contributed by atoms with E-state index in [-0.39, 0.29) is 11.2 Å². The summed E-state index contributed by atoms with van der Waals surface area (Å²) in [5.74, 6) is 1.50. The molecule has 0 radical (unpaired) electrons. The molecule has 2 rings (SSSR count). The quantitative estimate of drug-likeness (QED) is 0.508. The van der Waals surface area contributed by atoms with Crippen LogP contribution in [0.5, 0.6) is 0 Å². The molecular formula is C18H28O. The highest BCUT2D eigenvalue weighted by molar-refractivity contribution is 5.87. The maximum Gasteiger partial charge on any atom is 0.152 e. The predicted octanol–water partition coefficient (Wildman–Crippen LogP) is 4.93. The molecule has 4 atom stereocenters. The lowest BCUT2D eigenvalue weighted by Crippen LogP contribution is -2.48. The molecule has 0 saturated heterocycles. The Morgan fingerprint density at radius 2 is 2.05 bits per heavy atom. The maximum absolute atomic E-state index is 11.3. The topological polar surface area (TPSA) is 17.1 Å². The van der Waals surface area contributed by atoms with Gasteiger partial charge in [0.05, 0.1) is 0 Å². The van der Waals surface area contributed by atoms with Crippen molar-refractivity contribution < 1.29 is 4.79 Å². The summed E-state index contributed by atoms with van der Waals surface area (Å²) in [6.07, 6.45) is 11.5. The molecule has 19 heavy (non-hydrogen) atoms. The summed E-state index contributed by atoms with van der Waals surface area (Å²) in [7, 11) is 0. The number of rotatable bonds is 2. The third-order valence-electron chi connectivity index (χ3n) is 6.16. The number of fused-ring (bicyclic) bond motifs is 1. The van der Waals surface area contributed by atoms with Gasteiger partial charge in [0.15, 0.2) is 5.78 Å². The molecule has 1 saturated carbocycles. The van der Waals surface area contributed by atoms with Gasteiger partial charge in [-0.2, -0.15) is 0 Å². The first-order chi connectivity index (χ1) is 8.80. The molecule has 0 N–H and O–H groups in total. The summed E-state index contributed by atoms with van der Waals surface area (Å²) in [4.78, 5) is 11.3. The number of carbonyl (C=O) groups is 1. The van der Waals surface area contributed by atoms with E-state index in [1.807, 2.05) is 0 Å². The Balaban J connectivity index is 2.41. The second-order valence-corrected chi connectivity index (χ2v) is 7.18. The molecule has 0 aromatic carbocycles. The fraction of sp³-hybridized carbons (Fsp3) is 0.722. The van der Waals surface area contributed by atoms with Gasteiger partial charge in [-0.1, -0.05) is 38.5 Å². The predicted molar refractivity (Wildman–Crippen MR) is 80.9 cm³/mol. The van der Waals surface area contributed by atoms with E-state index in [0.717, 1.165) is 0 Å². The van der Waals surface area contributed by atoms with Crippen LogP contribution in [0.15, 0.2) is 23.8 Å². The van der Waals surface area contributed by atoms with Crippen molar-refractivity contribution in [1.82, 2.24) is 0 Å². The Morgan fingerprint density at radius 1 is 1.37 bits per heavy atom. The van der Waals surface area contributed by atoms with Crippen LogP contribution in [-0.4, -0.2) is 5.78 Å². The zero-order valence-corrected chi connectivity index (χ0v) is 13.1. The van der Waals surface area contributed by atoms with Crippen LogP contribution in [0, 0.1) is 22.7 Å². The van der Waals surface area contributed by atoms with Crippen LogP contribution in [0.2, 0.25) is 0 Å². The Bertz CT molecular complexity index is 431. The van der Waals surface area contributed by atoms with Crippen LogP contribution < -0.4 is 0 Å². The van der Waals surface area contributed by atoms with E-state index in [2.05, 4.69) is 39.8 Å². The third-order valence-corrected chi connectivity index (χ3v) is 6.16. The van der Waals surface area contributed by atoms with Crippen LogP contribution in [0.3, 0.4) is 0 Å². The molecule has 4 unspecified atom stereocenters. The molecule has 0 aromatic rings. The lowest BCUT2D eigenvalue weighted by Gasteiger charge is -2.56. The first-order valence-corrected chi connectivity index (χ1v) is 7.68. The van der Waals surface area contributed by atoms with Crippen LogP contribution in [0.4, 0.5) is 0 Å². The third kappa shape index (κ3) is 2.32. The first-order valence-electron chi connectivity index (χ1n) is 7.68. The van der Waals surface area contributed by atoms with E-state index in [0.29, 0.717) is 17.3 Å². The molecule has 2 aliphatic carbocycles. The van der Waals surface area contributed by atoms with Crippen molar-refractivity contribution >= 4 is 5.78 Å². The standard InChI is InChI=1S/C18H28O/c1-13-7-6-8-16-17(13,4)11-9-14(2)18(16,5)12-10-15(3)19/h7,10,12,14,16H,6,8-9,11H2,1-5H3. The monoisotopic (exact) mass is 260 g/mol. The molecule has 2 aliphatic rings. The fourth-order valence-electron chi connectivity index (χ4n) is 4.41. The van der Waals surface area contributed by atoms with Crippen molar-refractivity contribution in [3.05, 3.63) is 23.8 Å². The molecule has 0 amide bonds. The Morgan fingerprint density at radius 3 is 2.68 bits per heavy atom. The average molecular weight is 260 g/mol. The van der Waals surface area contributed by atoms with E-state index in [1.54, 1.807) is 18.6 Å². The summed E-state index contributed by atoms with van der Waals surface area (Å²) >= 11 is 0. The summed E-state index contributed by atoms with van der Waals surface area (Å²) in [6, 6.07) is 0. The first kappa shape index (κ1) is 14.6. The normalized spacial score (nSPS) is 42.9. The van der Waals surface area contributed by atoms with Crippen LogP contribution >= 0.6 is 0 Å². The smallest absolute Gasteiger partial charge is 0.152 e. The number of hydrogen-bond donors (Lipinski definition) is 0. The summed E-state index contributed by atoms with van der Waals surface area (Å²) in [5, 5.41) is 0. The highest BCUT2D eigenvalue weighted by Crippen LogP contribution is 2.60. The van der Waals surface area contributed by atoms with Crippen molar-refractivity contribution in [2.75, 3.05) is 0 Å². The number of allylic oxidation sites excluding steroid dienone is 4. The van der Waals surface area contributed by atoms with Crippen molar-refractivity contribution in [2.24, 2.45) is 22.7 Å². The lowest BCUT2D eigenvalue weighted by atomic mass is 9.48. The summed E-state index contributed by atoms with van der Waals surface area (Å²) in [5.41, 5.74) is 2.06. The second kappa shape index (κ2) is 4.92. The van der Waals surface area contributed by atoms with E-state index < -0.39 is 0 Å². The highest BCUT2D eigenvalue weighted by Gasteiger charge is 2.52. The summed E-state index contributed by atoms with van der Waals surface area (Å²) in [6.45, 7) is 11.1. The van der Waals surface area contributed by atoms with Gasteiger partial charge in [-0.15, -0.1) is 0 Å². The Kier molecular flexibility index (Phi) is 3.77. The van der Waals surface area contributed by atoms with Crippen molar-refractivity contribution in [2.45, 2.75) is 60.3 Å². The molecule has 0 aliphatic heterocycles. The molecule has 1 heteroatoms. The van der Waals surface area contributed by atoms with Gasteiger partial charge in [0.2, 0.25) is 0 Å². The Hall–Kier alpha value is -0.850. The van der Waals surface area contributed by atoms with Gasteiger partial charge in [0.1, 0.15) is 0 Å². The molecule has 106 valence electrons. The van der Waals surface area contributed by atoms with Gasteiger partial charge in [0.25, 0.3) is 0 Å². The van der Waals surface area contributed by atoms with Gasteiger partial charge in [-0.3, -0.25) is 4.79 Å². The number of ketones is 1. The van der Waals surface area contributed by atoms with E-state index in [9.17, 15) is 4.79 Å². The molecule has 1 fully saturated rings. The number of hydrogen-bond acceptors (Lipinski definition) is 1. The van der Waals surface area contributed by atoms with Gasteiger partial charge in [0, 0.05) is 0 Å². The fourth-order valence-corrected chi connectivity index (χ4v) is 4.41. The molecule has 1 nitrogen and oxygen atoms in total. The van der Waals surface area contributed by atoms with Crippen LogP contribution in [0.25, 0.3) is 0 Å². The maximum atomic E-state index is 11.3. The SMILES string of the molecule is CC(=O)C=CC1(C)C(C)CCC2(C)C(C)=CCCC21. The van der Waals surface area contributed by atoms with E-state index in [4.69, 9.17) is 0 Å². The molecule has 0 bridgehead atoms. The average Bonchev–Trinajstić information content (AvgIpc) is 2.35. The molecule has 0 aromatic heterocycles. The zero-order valence-electron chi connectivity index (χ0n) is 13.1. The Labute approximate surface area is 118 Å². The highest BCUT2D eigenvalue weighted by atomic mass is 16.1. The molecule has 0 spiro atoms. The van der Waals surface area contributed by atoms with Gasteiger partial charge in [-0.25, -0.2) is 0 Å². The minimum Gasteiger partial charge on any atom is -0.295 e. The summed E-state index contributed by atoms with van der Waals surface area (Å²) < 4.78 is 0. The van der Waals surface area contributed by atoms with Crippen molar-refractivity contribution in [1.29, 1.82) is 0 Å².